The number of likely N-dealkylation sites (tertiary alicyclic amines) is 1. The van der Waals surface area contributed by atoms with Gasteiger partial charge in [-0.25, -0.2) is 14.4 Å². The van der Waals surface area contributed by atoms with Gasteiger partial charge in [0.2, 0.25) is 0 Å². The molecule has 0 aliphatic carbocycles. The first kappa shape index (κ1) is 28.9. The van der Waals surface area contributed by atoms with Crippen LogP contribution in [0.25, 0.3) is 0 Å². The maximum atomic E-state index is 14.3. The van der Waals surface area contributed by atoms with E-state index in [-0.39, 0.29) is 32.7 Å². The lowest BCUT2D eigenvalue weighted by Crippen LogP contribution is -2.51. The summed E-state index contributed by atoms with van der Waals surface area (Å²) in [6, 6.07) is 26.2. The van der Waals surface area contributed by atoms with Gasteiger partial charge in [-0.2, -0.15) is 0 Å². The molecule has 2 aliphatic heterocycles. The summed E-state index contributed by atoms with van der Waals surface area (Å²) in [6.45, 7) is 5.20. The summed E-state index contributed by atoms with van der Waals surface area (Å²) in [4.78, 5) is 59.2. The van der Waals surface area contributed by atoms with Gasteiger partial charge in [0.05, 0.1) is 13.1 Å². The minimum atomic E-state index is -1.48. The molecule has 3 aromatic carbocycles. The van der Waals surface area contributed by atoms with Crippen LogP contribution in [0, 0.1) is 0 Å². The number of imide groups is 1. The number of ether oxygens (including phenoxy) is 2. The average Bonchev–Trinajstić information content (AvgIpc) is 3.46. The van der Waals surface area contributed by atoms with E-state index in [9.17, 15) is 19.2 Å². The number of carbonyl (C=O) groups is 4. The van der Waals surface area contributed by atoms with Crippen molar-refractivity contribution in [1.82, 2.24) is 14.7 Å². The molecule has 2 atom stereocenters. The van der Waals surface area contributed by atoms with Crippen LogP contribution in [-0.2, 0) is 38.8 Å². The Morgan fingerprint density at radius 1 is 0.810 bits per heavy atom. The standard InChI is InChI=1S/C33H35N3O6/c1-32(2,3)42-28(37)27-19-33(23-35(27)31(40)41-22-26-17-11-6-12-18-26)29(38)34(20-24-13-7-4-8-14-24)30(39)36(33)21-25-15-9-5-10-16-25/h4-18,27H,19-23H2,1-3H3/t27-,33-/m0/s1. The number of rotatable bonds is 7. The van der Waals surface area contributed by atoms with Crippen LogP contribution < -0.4 is 0 Å². The van der Waals surface area contributed by atoms with Crippen molar-refractivity contribution in [3.63, 3.8) is 0 Å². The number of hydrogen-bond acceptors (Lipinski definition) is 6. The third-order valence-electron chi connectivity index (χ3n) is 7.45. The lowest BCUT2D eigenvalue weighted by molar-refractivity contribution is -0.159. The van der Waals surface area contributed by atoms with Crippen molar-refractivity contribution in [1.29, 1.82) is 0 Å². The van der Waals surface area contributed by atoms with Gasteiger partial charge < -0.3 is 14.4 Å². The third kappa shape index (κ3) is 6.00. The number of carbonyl (C=O) groups excluding carboxylic acids is 4. The summed E-state index contributed by atoms with van der Waals surface area (Å²) in [7, 11) is 0. The van der Waals surface area contributed by atoms with E-state index in [1.807, 2.05) is 91.0 Å². The summed E-state index contributed by atoms with van der Waals surface area (Å²) in [5.74, 6) is -1.11. The van der Waals surface area contributed by atoms with Crippen LogP contribution in [-0.4, -0.2) is 62.4 Å². The van der Waals surface area contributed by atoms with E-state index in [0.717, 1.165) is 16.7 Å². The highest BCUT2D eigenvalue weighted by molar-refractivity contribution is 6.08. The molecule has 1 spiro atoms. The lowest BCUT2D eigenvalue weighted by atomic mass is 9.93. The van der Waals surface area contributed by atoms with Crippen molar-refractivity contribution in [2.75, 3.05) is 6.54 Å². The predicted octanol–water partition coefficient (Wildman–Crippen LogP) is 5.14. The Balaban J connectivity index is 1.50. The monoisotopic (exact) mass is 569 g/mol. The smallest absolute Gasteiger partial charge is 0.410 e. The maximum Gasteiger partial charge on any atom is 0.410 e. The van der Waals surface area contributed by atoms with Crippen LogP contribution in [0.2, 0.25) is 0 Å². The first-order valence-corrected chi connectivity index (χ1v) is 14.0. The molecule has 218 valence electrons. The molecule has 2 heterocycles. The van der Waals surface area contributed by atoms with Gasteiger partial charge in [0.25, 0.3) is 5.91 Å². The fourth-order valence-electron chi connectivity index (χ4n) is 5.48. The molecule has 2 aliphatic rings. The van der Waals surface area contributed by atoms with E-state index >= 15 is 0 Å². The molecule has 0 bridgehead atoms. The van der Waals surface area contributed by atoms with Gasteiger partial charge in [0.15, 0.2) is 0 Å². The maximum absolute atomic E-state index is 14.3. The fraction of sp³-hybridized carbons (Fsp3) is 0.333. The molecule has 0 unspecified atom stereocenters. The molecule has 5 rings (SSSR count). The molecule has 0 N–H and O–H groups in total. The number of urea groups is 1. The summed E-state index contributed by atoms with van der Waals surface area (Å²) >= 11 is 0. The van der Waals surface area contributed by atoms with E-state index in [2.05, 4.69) is 0 Å². The first-order chi connectivity index (χ1) is 20.1. The minimum absolute atomic E-state index is 0.00898. The Kier molecular flexibility index (Phi) is 8.02. The number of amides is 4. The number of hydrogen-bond donors (Lipinski definition) is 0. The number of nitrogens with zero attached hydrogens (tertiary/aromatic N) is 3. The Labute approximate surface area is 245 Å². The summed E-state index contributed by atoms with van der Waals surface area (Å²) in [5, 5.41) is 0. The average molecular weight is 570 g/mol. The van der Waals surface area contributed by atoms with Crippen LogP contribution in [0.1, 0.15) is 43.9 Å². The van der Waals surface area contributed by atoms with E-state index in [4.69, 9.17) is 9.47 Å². The zero-order valence-electron chi connectivity index (χ0n) is 24.1. The van der Waals surface area contributed by atoms with Crippen LogP contribution in [0.15, 0.2) is 91.0 Å². The largest absolute Gasteiger partial charge is 0.458 e. The zero-order chi connectivity index (χ0) is 29.9. The SMILES string of the molecule is CC(C)(C)OC(=O)[C@@H]1C[C@]2(CN1C(=O)OCc1ccccc1)C(=O)N(Cc1ccccc1)C(=O)N2Cc1ccccc1. The second-order valence-electron chi connectivity index (χ2n) is 11.7. The Bertz CT molecular complexity index is 1440. The summed E-state index contributed by atoms with van der Waals surface area (Å²) in [6.07, 6.45) is -0.863. The molecule has 9 nitrogen and oxygen atoms in total. The lowest BCUT2D eigenvalue weighted by Gasteiger charge is -2.31. The summed E-state index contributed by atoms with van der Waals surface area (Å²) in [5.41, 5.74) is 0.0794. The molecule has 3 aromatic rings. The Morgan fingerprint density at radius 3 is 1.88 bits per heavy atom. The van der Waals surface area contributed by atoms with Gasteiger partial charge in [-0.1, -0.05) is 91.0 Å². The molecule has 2 saturated heterocycles. The highest BCUT2D eigenvalue weighted by Crippen LogP contribution is 2.42. The molecule has 4 amide bonds. The van der Waals surface area contributed by atoms with Crippen LogP contribution in [0.4, 0.5) is 9.59 Å². The van der Waals surface area contributed by atoms with Crippen LogP contribution in [0.5, 0.6) is 0 Å². The van der Waals surface area contributed by atoms with E-state index in [1.165, 1.54) is 14.7 Å². The van der Waals surface area contributed by atoms with Crippen molar-refractivity contribution in [2.45, 2.75) is 64.1 Å². The fourth-order valence-corrected chi connectivity index (χ4v) is 5.48. The van der Waals surface area contributed by atoms with E-state index in [1.54, 1.807) is 20.8 Å². The van der Waals surface area contributed by atoms with Crippen molar-refractivity contribution >= 4 is 24.0 Å². The molecule has 42 heavy (non-hydrogen) atoms. The van der Waals surface area contributed by atoms with Gasteiger partial charge in [-0.3, -0.25) is 14.6 Å². The van der Waals surface area contributed by atoms with E-state index in [0.29, 0.717) is 0 Å². The molecule has 9 heteroatoms. The molecule has 2 fully saturated rings. The van der Waals surface area contributed by atoms with Crippen molar-refractivity contribution in [2.24, 2.45) is 0 Å². The molecular formula is C33H35N3O6. The predicted molar refractivity (Wildman–Crippen MR) is 155 cm³/mol. The topological polar surface area (TPSA) is 96.5 Å². The van der Waals surface area contributed by atoms with Crippen molar-refractivity contribution < 1.29 is 28.7 Å². The Morgan fingerprint density at radius 2 is 1.33 bits per heavy atom. The molecule has 0 saturated carbocycles. The molecular weight excluding hydrogens is 534 g/mol. The van der Waals surface area contributed by atoms with Crippen molar-refractivity contribution in [3.05, 3.63) is 108 Å². The highest BCUT2D eigenvalue weighted by Gasteiger charge is 2.64. The van der Waals surface area contributed by atoms with Gasteiger partial charge >= 0.3 is 18.1 Å². The van der Waals surface area contributed by atoms with Gasteiger partial charge in [0, 0.05) is 13.0 Å². The number of esters is 1. The van der Waals surface area contributed by atoms with Gasteiger partial charge in [-0.05, 0) is 37.5 Å². The highest BCUT2D eigenvalue weighted by atomic mass is 16.6. The first-order valence-electron chi connectivity index (χ1n) is 14.0. The quantitative estimate of drug-likeness (QED) is 0.289. The number of benzene rings is 3. The molecule has 0 aromatic heterocycles. The van der Waals surface area contributed by atoms with Gasteiger partial charge in [-0.15, -0.1) is 0 Å². The minimum Gasteiger partial charge on any atom is -0.458 e. The zero-order valence-corrected chi connectivity index (χ0v) is 24.1. The molecule has 0 radical (unpaired) electrons. The Hall–Kier alpha value is -4.66. The van der Waals surface area contributed by atoms with Crippen LogP contribution in [0.3, 0.4) is 0 Å². The summed E-state index contributed by atoms with van der Waals surface area (Å²) < 4.78 is 11.3. The normalized spacial score (nSPS) is 20.4. The van der Waals surface area contributed by atoms with Crippen LogP contribution >= 0.6 is 0 Å². The second-order valence-corrected chi connectivity index (χ2v) is 11.7. The van der Waals surface area contributed by atoms with Crippen molar-refractivity contribution in [3.8, 4) is 0 Å². The van der Waals surface area contributed by atoms with E-state index < -0.39 is 41.2 Å². The second kappa shape index (κ2) is 11.7. The third-order valence-corrected chi connectivity index (χ3v) is 7.45. The van der Waals surface area contributed by atoms with Gasteiger partial charge in [0.1, 0.15) is 23.8 Å².